The van der Waals surface area contributed by atoms with Gasteiger partial charge >= 0.3 is 37.9 Å². The van der Waals surface area contributed by atoms with Gasteiger partial charge in [0.2, 0.25) is 0 Å². The van der Waals surface area contributed by atoms with Crippen molar-refractivity contribution < 1.29 is 30.3 Å². The van der Waals surface area contributed by atoms with Gasteiger partial charge in [-0.15, -0.1) is 69.1 Å². The molecule has 0 aliphatic carbocycles. The summed E-state index contributed by atoms with van der Waals surface area (Å²) in [7, 11) is 14.4. The Morgan fingerprint density at radius 3 is 1.27 bits per heavy atom. The van der Waals surface area contributed by atoms with E-state index in [1.165, 1.54) is 93.5 Å². The van der Waals surface area contributed by atoms with E-state index in [2.05, 4.69) is 112 Å². The number of methoxy groups -OCH3 is 2. The maximum atomic E-state index is 5.24. The van der Waals surface area contributed by atoms with Gasteiger partial charge in [-0.3, -0.25) is 0 Å². The summed E-state index contributed by atoms with van der Waals surface area (Å²) in [5, 5.41) is 5.39. The van der Waals surface area contributed by atoms with E-state index in [0.717, 1.165) is 21.0 Å². The second-order valence-corrected chi connectivity index (χ2v) is 16.3. The van der Waals surface area contributed by atoms with E-state index in [0.29, 0.717) is 0 Å². The van der Waals surface area contributed by atoms with Crippen molar-refractivity contribution in [1.82, 2.24) is 0 Å². The van der Waals surface area contributed by atoms with Crippen LogP contribution in [0.1, 0.15) is 50.7 Å². The van der Waals surface area contributed by atoms with Crippen LogP contribution in [0.25, 0.3) is 43.8 Å². The summed E-state index contributed by atoms with van der Waals surface area (Å²) >= 11 is -0.826. The third kappa shape index (κ3) is 11.8. The number of rotatable bonds is 10. The van der Waals surface area contributed by atoms with E-state index in [4.69, 9.17) is 26.5 Å². The molecule has 0 N–H and O–H groups in total. The first-order valence-corrected chi connectivity index (χ1v) is 25.0. The number of fused-ring (bicyclic) bond motifs is 2. The van der Waals surface area contributed by atoms with Gasteiger partial charge in [0.25, 0.3) is 0 Å². The Hall–Kier alpha value is -2.62. The van der Waals surface area contributed by atoms with Crippen LogP contribution in [0.3, 0.4) is 0 Å². The zero-order valence-corrected chi connectivity index (χ0v) is 34.2. The Kier molecular flexibility index (Phi) is 18.4. The van der Waals surface area contributed by atoms with Gasteiger partial charge in [-0.25, -0.2) is 0 Å². The Morgan fingerprint density at radius 1 is 0.604 bits per heavy atom. The Labute approximate surface area is 310 Å². The molecule has 0 heterocycles. The predicted molar refractivity (Wildman–Crippen MR) is 209 cm³/mol. The zero-order valence-electron chi connectivity index (χ0n) is 29.2. The summed E-state index contributed by atoms with van der Waals surface area (Å²) in [6.45, 7) is 8.79. The van der Waals surface area contributed by atoms with Gasteiger partial charge < -0.3 is 9.47 Å². The van der Waals surface area contributed by atoms with Crippen molar-refractivity contribution in [3.05, 3.63) is 120 Å². The van der Waals surface area contributed by atoms with E-state index in [1.54, 1.807) is 14.2 Å². The molecule has 0 aliphatic rings. The number of ether oxygens (including phenoxy) is 2. The van der Waals surface area contributed by atoms with Gasteiger partial charge in [0.15, 0.2) is 0 Å². The summed E-state index contributed by atoms with van der Waals surface area (Å²) < 4.78 is 10.5. The normalized spacial score (nSPS) is 10.2. The second-order valence-electron chi connectivity index (χ2n) is 11.6. The van der Waals surface area contributed by atoms with Crippen molar-refractivity contribution in [2.24, 2.45) is 0 Å². The molecule has 6 rings (SSSR count). The van der Waals surface area contributed by atoms with Crippen LogP contribution in [0.2, 0.25) is 13.1 Å². The Bertz CT molecular complexity index is 1630. The van der Waals surface area contributed by atoms with Crippen molar-refractivity contribution in [1.29, 1.82) is 0 Å². The molecule has 0 bridgehead atoms. The maximum absolute atomic E-state index is 5.24. The number of hydrogen-bond donors (Lipinski definition) is 0. The second kappa shape index (κ2) is 22.2. The number of benzene rings is 4. The van der Waals surface area contributed by atoms with Crippen LogP contribution in [-0.4, -0.2) is 23.7 Å². The van der Waals surface area contributed by atoms with Gasteiger partial charge in [0, 0.05) is 9.52 Å². The van der Waals surface area contributed by atoms with Gasteiger partial charge in [0.1, 0.15) is 11.5 Å². The SMILES string of the molecule is CCCCc1cc2c(-c3ccc(OC)cc3)cccc2[cH-]1.CCCCc1cc2c(-c3ccc(OC)cc3)cccc2[cH-]1.C[Si]C.[Cl][Zr+2][Cl]. The quantitative estimate of drug-likeness (QED) is 0.102. The molecule has 0 saturated carbocycles. The average Bonchev–Trinajstić information content (AvgIpc) is 3.75. The molecular weight excluding hydrogens is 727 g/mol. The number of unbranched alkanes of at least 4 members (excludes halogenated alkanes) is 2. The van der Waals surface area contributed by atoms with Crippen LogP contribution in [0.15, 0.2) is 109 Å². The van der Waals surface area contributed by atoms with Crippen LogP contribution in [-0.2, 0) is 33.7 Å². The molecule has 6 aromatic carbocycles. The molecule has 0 aromatic heterocycles. The van der Waals surface area contributed by atoms with Crippen LogP contribution in [0.5, 0.6) is 11.5 Å². The predicted octanol–water partition coefficient (Wildman–Crippen LogP) is 13.3. The molecule has 0 saturated heterocycles. The van der Waals surface area contributed by atoms with Crippen molar-refractivity contribution in [3.63, 3.8) is 0 Å². The topological polar surface area (TPSA) is 18.5 Å². The monoisotopic (exact) mass is 772 g/mol. The minimum atomic E-state index is -0.826. The molecule has 2 nitrogen and oxygen atoms in total. The molecule has 48 heavy (non-hydrogen) atoms. The summed E-state index contributed by atoms with van der Waals surface area (Å²) in [5.41, 5.74) is 8.00. The summed E-state index contributed by atoms with van der Waals surface area (Å²) in [6.07, 6.45) is 7.35. The van der Waals surface area contributed by atoms with E-state index < -0.39 is 20.8 Å². The molecule has 6 heteroatoms. The molecule has 0 unspecified atom stereocenters. The first-order valence-electron chi connectivity index (χ1n) is 16.7. The van der Waals surface area contributed by atoms with Crippen LogP contribution in [0.4, 0.5) is 0 Å². The van der Waals surface area contributed by atoms with Gasteiger partial charge in [0.05, 0.1) is 14.2 Å². The molecule has 0 aliphatic heterocycles. The molecule has 250 valence electrons. The Balaban J connectivity index is 0.000000224. The molecule has 0 spiro atoms. The van der Waals surface area contributed by atoms with Crippen LogP contribution >= 0.6 is 17.0 Å². The van der Waals surface area contributed by atoms with Crippen LogP contribution < -0.4 is 9.47 Å². The van der Waals surface area contributed by atoms with Gasteiger partial charge in [-0.05, 0) is 48.2 Å². The molecule has 2 radical (unpaired) electrons. The molecule has 0 amide bonds. The number of hydrogen-bond acceptors (Lipinski definition) is 2. The standard InChI is InChI=1S/2C20H21O.C2H6Si.2ClH.Zr/c2*1-3-4-6-15-13-17-7-5-8-19(20(17)14-15)16-9-11-18(21-2)12-10-16;1-3-2;;;/h2*5,7-14H,3-4,6H2,1-2H3;1-2H3;2*1H;/q2*-1;;;;+4/p-2. The van der Waals surface area contributed by atoms with Crippen molar-refractivity contribution in [2.75, 3.05) is 14.2 Å². The van der Waals surface area contributed by atoms with Crippen molar-refractivity contribution in [2.45, 2.75) is 65.5 Å². The van der Waals surface area contributed by atoms with Gasteiger partial charge in [-0.1, -0.05) is 100 Å². The molecule has 6 aromatic rings. The molecule has 0 fully saturated rings. The minimum absolute atomic E-state index is 0.826. The first kappa shape index (κ1) is 39.8. The van der Waals surface area contributed by atoms with E-state index >= 15 is 0 Å². The van der Waals surface area contributed by atoms with E-state index in [9.17, 15) is 0 Å². The molecule has 0 atom stereocenters. The number of halogens is 2. The first-order chi connectivity index (χ1) is 23.5. The third-order valence-corrected chi connectivity index (χ3v) is 8.06. The fourth-order valence-corrected chi connectivity index (χ4v) is 5.69. The van der Waals surface area contributed by atoms with Crippen molar-refractivity contribution >= 4 is 48.1 Å². The van der Waals surface area contributed by atoms with E-state index in [1.807, 2.05) is 24.3 Å². The number of aryl methyl sites for hydroxylation is 2. The Morgan fingerprint density at radius 2 is 0.958 bits per heavy atom. The molecular formula is C42H48Cl2O2SiZr. The fourth-order valence-electron chi connectivity index (χ4n) is 5.69. The van der Waals surface area contributed by atoms with Gasteiger partial charge in [-0.2, -0.15) is 12.1 Å². The summed E-state index contributed by atoms with van der Waals surface area (Å²) in [6, 6.07) is 39.1. The summed E-state index contributed by atoms with van der Waals surface area (Å²) in [4.78, 5) is 0. The summed E-state index contributed by atoms with van der Waals surface area (Å²) in [5.74, 6) is 1.80. The fraction of sp³-hybridized carbons (Fsp3) is 0.286. The zero-order chi connectivity index (χ0) is 34.7. The van der Waals surface area contributed by atoms with Crippen LogP contribution in [0, 0.1) is 0 Å². The third-order valence-electron chi connectivity index (χ3n) is 8.06. The van der Waals surface area contributed by atoms with Crippen molar-refractivity contribution in [3.8, 4) is 33.8 Å². The van der Waals surface area contributed by atoms with E-state index in [-0.39, 0.29) is 0 Å². The average molecular weight is 775 g/mol.